The topological polar surface area (TPSA) is 63.5 Å². The van der Waals surface area contributed by atoms with E-state index in [9.17, 15) is 9.90 Å². The van der Waals surface area contributed by atoms with Gasteiger partial charge in [0.15, 0.2) is 6.29 Å². The van der Waals surface area contributed by atoms with Crippen LogP contribution in [0.4, 0.5) is 0 Å². The minimum absolute atomic E-state index is 0.00950. The lowest BCUT2D eigenvalue weighted by Crippen LogP contribution is -2.15. The van der Waals surface area contributed by atoms with Gasteiger partial charge in [0.1, 0.15) is 0 Å². The molecule has 1 unspecified atom stereocenters. The number of hydrogen-bond donors (Lipinski definition) is 2. The number of fused-ring (bicyclic) bond motifs is 5. The highest BCUT2D eigenvalue weighted by Crippen LogP contribution is 2.44. The maximum Gasteiger partial charge on any atom is 0.252 e. The second-order valence-corrected chi connectivity index (χ2v) is 8.65. The van der Waals surface area contributed by atoms with Gasteiger partial charge in [-0.1, -0.05) is 49.4 Å². The van der Waals surface area contributed by atoms with E-state index in [1.807, 2.05) is 19.1 Å². The van der Waals surface area contributed by atoms with Crippen LogP contribution in [0.15, 0.2) is 48.5 Å². The summed E-state index contributed by atoms with van der Waals surface area (Å²) in [5.41, 5.74) is 8.85. The molecule has 0 fully saturated rings. The lowest BCUT2D eigenvalue weighted by atomic mass is 9.86. The van der Waals surface area contributed by atoms with E-state index in [4.69, 9.17) is 4.74 Å². The summed E-state index contributed by atoms with van der Waals surface area (Å²) in [6, 6.07) is 16.7. The Morgan fingerprint density at radius 2 is 1.85 bits per heavy atom. The van der Waals surface area contributed by atoms with Gasteiger partial charge in [-0.2, -0.15) is 0 Å². The number of nitrogens with zero attached hydrogens (tertiary/aromatic N) is 1. The molecule has 2 heterocycles. The van der Waals surface area contributed by atoms with E-state index < -0.39 is 6.29 Å². The van der Waals surface area contributed by atoms with Crippen molar-refractivity contribution in [1.29, 1.82) is 0 Å². The van der Waals surface area contributed by atoms with E-state index in [1.54, 1.807) is 0 Å². The van der Waals surface area contributed by atoms with Gasteiger partial charge in [0, 0.05) is 42.4 Å². The highest BCUT2D eigenvalue weighted by atomic mass is 16.6. The fourth-order valence-electron chi connectivity index (χ4n) is 5.40. The largest absolute Gasteiger partial charge is 0.368 e. The van der Waals surface area contributed by atoms with Crippen molar-refractivity contribution in [3.05, 3.63) is 70.8 Å². The number of carbonyl (C=O) groups is 1. The van der Waals surface area contributed by atoms with Crippen molar-refractivity contribution < 1.29 is 14.6 Å². The van der Waals surface area contributed by atoms with E-state index >= 15 is 0 Å². The molecule has 1 aliphatic heterocycles. The molecule has 0 aliphatic carbocycles. The quantitative estimate of drug-likeness (QED) is 0.381. The number of aliphatic hydroxyl groups excluding tert-OH is 1. The first kappa shape index (κ1) is 21.7. The smallest absolute Gasteiger partial charge is 0.252 e. The summed E-state index contributed by atoms with van der Waals surface area (Å²) in [6.07, 6.45) is 0.504. The fraction of sp³-hybridized carbons (Fsp3) is 0.321. The Morgan fingerprint density at radius 1 is 1.09 bits per heavy atom. The van der Waals surface area contributed by atoms with Gasteiger partial charge in [-0.15, -0.1) is 0 Å². The first-order valence-corrected chi connectivity index (χ1v) is 11.8. The first-order chi connectivity index (χ1) is 16.1. The van der Waals surface area contributed by atoms with Crippen LogP contribution < -0.4 is 5.32 Å². The van der Waals surface area contributed by atoms with Gasteiger partial charge in [-0.3, -0.25) is 4.79 Å². The Hall–Kier alpha value is -3.15. The summed E-state index contributed by atoms with van der Waals surface area (Å²) >= 11 is 0. The molecule has 0 radical (unpaired) electrons. The standard InChI is InChI=1S/C28H30N2O3/c1-4-18-24(19-11-7-6-10-17(19)3)21-16-29-28(32)26(21)25-20-12-8-9-13-22(20)30(27(18)25)15-14-23(31)33-5-2/h6-13,23,31H,4-5,14-16H2,1-3H3,(H,29,32). The van der Waals surface area contributed by atoms with Crippen LogP contribution in [-0.2, 0) is 24.2 Å². The van der Waals surface area contributed by atoms with Gasteiger partial charge in [0.05, 0.1) is 11.1 Å². The lowest BCUT2D eigenvalue weighted by Gasteiger charge is -2.20. The predicted molar refractivity (Wildman–Crippen MR) is 132 cm³/mol. The van der Waals surface area contributed by atoms with Crippen LogP contribution in [0.1, 0.15) is 47.3 Å². The Kier molecular flexibility index (Phi) is 5.69. The molecule has 4 aromatic rings. The summed E-state index contributed by atoms with van der Waals surface area (Å²) in [4.78, 5) is 13.2. The Labute approximate surface area is 194 Å². The predicted octanol–water partition coefficient (Wildman–Crippen LogP) is 5.32. The Bertz CT molecular complexity index is 1370. The van der Waals surface area contributed by atoms with Crippen LogP contribution in [0.3, 0.4) is 0 Å². The number of ether oxygens (including phenoxy) is 1. The van der Waals surface area contributed by atoms with E-state index in [0.717, 1.165) is 39.4 Å². The fourth-order valence-corrected chi connectivity index (χ4v) is 5.40. The molecule has 33 heavy (non-hydrogen) atoms. The van der Waals surface area contributed by atoms with E-state index in [-0.39, 0.29) is 5.91 Å². The number of aliphatic hydroxyl groups is 1. The van der Waals surface area contributed by atoms with Crippen LogP contribution >= 0.6 is 0 Å². The molecule has 2 N–H and O–H groups in total. The van der Waals surface area contributed by atoms with Crippen molar-refractivity contribution in [3.63, 3.8) is 0 Å². The number of aryl methyl sites for hydroxylation is 3. The monoisotopic (exact) mass is 442 g/mol. The summed E-state index contributed by atoms with van der Waals surface area (Å²) in [5.74, 6) is -0.00950. The second kappa shape index (κ2) is 8.65. The lowest BCUT2D eigenvalue weighted by molar-refractivity contribution is -0.1000. The van der Waals surface area contributed by atoms with Gasteiger partial charge in [-0.25, -0.2) is 0 Å². The molecule has 170 valence electrons. The average molecular weight is 443 g/mol. The van der Waals surface area contributed by atoms with Gasteiger partial charge < -0.3 is 19.7 Å². The summed E-state index contributed by atoms with van der Waals surface area (Å²) < 4.78 is 7.68. The van der Waals surface area contributed by atoms with Crippen molar-refractivity contribution in [2.45, 2.75) is 53.0 Å². The molecule has 0 bridgehead atoms. The van der Waals surface area contributed by atoms with Crippen LogP contribution in [0, 0.1) is 6.92 Å². The molecule has 1 aromatic heterocycles. The zero-order chi connectivity index (χ0) is 23.1. The minimum atomic E-state index is -0.815. The van der Waals surface area contributed by atoms with Crippen molar-refractivity contribution in [3.8, 4) is 11.1 Å². The number of para-hydroxylation sites is 1. The molecule has 1 atom stereocenters. The van der Waals surface area contributed by atoms with Crippen LogP contribution in [0.25, 0.3) is 32.9 Å². The first-order valence-electron chi connectivity index (χ1n) is 11.8. The van der Waals surface area contributed by atoms with Crippen molar-refractivity contribution in [1.82, 2.24) is 9.88 Å². The normalized spacial score (nSPS) is 14.1. The molecular formula is C28H30N2O3. The minimum Gasteiger partial charge on any atom is -0.368 e. The number of aromatic nitrogens is 1. The summed E-state index contributed by atoms with van der Waals surface area (Å²) in [5, 5.41) is 15.5. The van der Waals surface area contributed by atoms with E-state index in [0.29, 0.717) is 26.1 Å². The third-order valence-corrected chi connectivity index (χ3v) is 6.79. The average Bonchev–Trinajstić information content (AvgIpc) is 3.35. The van der Waals surface area contributed by atoms with Crippen molar-refractivity contribution >= 4 is 27.7 Å². The zero-order valence-corrected chi connectivity index (χ0v) is 19.4. The zero-order valence-electron chi connectivity index (χ0n) is 19.4. The highest BCUT2D eigenvalue weighted by molar-refractivity contribution is 6.22. The number of nitrogens with one attached hydrogen (secondary N) is 1. The third-order valence-electron chi connectivity index (χ3n) is 6.79. The molecule has 0 spiro atoms. The molecule has 0 saturated carbocycles. The third kappa shape index (κ3) is 3.43. The van der Waals surface area contributed by atoms with E-state index in [1.165, 1.54) is 22.3 Å². The SMILES string of the molecule is CCOC(O)CCn1c2ccccc2c2c3c(c(-c4ccccc4C)c(CC)c21)CNC3=O. The number of rotatable bonds is 7. The molecular weight excluding hydrogens is 412 g/mol. The number of amides is 1. The Morgan fingerprint density at radius 3 is 2.61 bits per heavy atom. The molecule has 5 nitrogen and oxygen atoms in total. The van der Waals surface area contributed by atoms with Crippen molar-refractivity contribution in [2.24, 2.45) is 0 Å². The number of benzene rings is 3. The van der Waals surface area contributed by atoms with Crippen LogP contribution in [0.5, 0.6) is 0 Å². The van der Waals surface area contributed by atoms with Gasteiger partial charge >= 0.3 is 0 Å². The molecule has 0 saturated heterocycles. The molecule has 3 aromatic carbocycles. The van der Waals surface area contributed by atoms with Gasteiger partial charge in [0.25, 0.3) is 5.91 Å². The van der Waals surface area contributed by atoms with Crippen molar-refractivity contribution in [2.75, 3.05) is 6.61 Å². The van der Waals surface area contributed by atoms with Crippen LogP contribution in [-0.4, -0.2) is 28.5 Å². The van der Waals surface area contributed by atoms with Crippen LogP contribution in [0.2, 0.25) is 0 Å². The maximum absolute atomic E-state index is 13.2. The molecule has 1 aliphatic rings. The number of hydrogen-bond acceptors (Lipinski definition) is 3. The Balaban J connectivity index is 1.89. The molecule has 1 amide bonds. The maximum atomic E-state index is 13.2. The van der Waals surface area contributed by atoms with Gasteiger partial charge in [0.2, 0.25) is 0 Å². The van der Waals surface area contributed by atoms with Gasteiger partial charge in [-0.05, 0) is 54.2 Å². The van der Waals surface area contributed by atoms with E-state index in [2.05, 4.69) is 60.1 Å². The highest BCUT2D eigenvalue weighted by Gasteiger charge is 2.31. The number of carbonyl (C=O) groups excluding carboxylic acids is 1. The summed E-state index contributed by atoms with van der Waals surface area (Å²) in [7, 11) is 0. The summed E-state index contributed by atoms with van der Waals surface area (Å²) in [6.45, 7) is 7.82. The molecule has 5 rings (SSSR count). The molecule has 5 heteroatoms. The second-order valence-electron chi connectivity index (χ2n) is 8.65.